The molecule has 1 aromatic rings. The monoisotopic (exact) mass is 260 g/mol. The zero-order chi connectivity index (χ0) is 12.3. The molecule has 16 heavy (non-hydrogen) atoms. The summed E-state index contributed by atoms with van der Waals surface area (Å²) in [6, 6.07) is 4.12. The first kappa shape index (κ1) is 13.5. The highest BCUT2D eigenvalue weighted by Gasteiger charge is 2.17. The average Bonchev–Trinajstić information content (AvgIpc) is 2.13. The highest BCUT2D eigenvalue weighted by molar-refractivity contribution is 8.01. The van der Waals surface area contributed by atoms with Crippen molar-refractivity contribution in [3.05, 3.63) is 34.6 Å². The third-order valence-corrected chi connectivity index (χ3v) is 3.38. The fourth-order valence-corrected chi connectivity index (χ4v) is 1.95. The van der Waals surface area contributed by atoms with Crippen LogP contribution in [0.3, 0.4) is 0 Å². The van der Waals surface area contributed by atoms with Gasteiger partial charge in [0.25, 0.3) is 0 Å². The quantitative estimate of drug-likeness (QED) is 0.758. The Hall–Kier alpha value is -0.540. The molecule has 0 bridgehead atoms. The van der Waals surface area contributed by atoms with E-state index in [9.17, 15) is 9.18 Å². The van der Waals surface area contributed by atoms with E-state index in [1.807, 2.05) is 20.8 Å². The Kier molecular flexibility index (Phi) is 4.39. The van der Waals surface area contributed by atoms with Crippen LogP contribution in [0.15, 0.2) is 18.2 Å². The minimum atomic E-state index is -0.549. The van der Waals surface area contributed by atoms with E-state index in [0.717, 1.165) is 6.07 Å². The number of hydrogen-bond donors (Lipinski definition) is 0. The van der Waals surface area contributed by atoms with Gasteiger partial charge in [-0.2, -0.15) is 0 Å². The maximum absolute atomic E-state index is 13.4. The van der Waals surface area contributed by atoms with Gasteiger partial charge in [-0.25, -0.2) is 4.39 Å². The molecule has 0 aromatic heterocycles. The van der Waals surface area contributed by atoms with Gasteiger partial charge in [0.2, 0.25) is 0 Å². The van der Waals surface area contributed by atoms with E-state index >= 15 is 0 Å². The number of thioether (sulfide) groups is 1. The van der Waals surface area contributed by atoms with Crippen LogP contribution in [-0.4, -0.2) is 16.3 Å². The number of benzene rings is 1. The SMILES string of the molecule is CC(C)(C)SCC(=O)c1ccc(Cl)cc1F. The Morgan fingerprint density at radius 3 is 2.56 bits per heavy atom. The average molecular weight is 261 g/mol. The van der Waals surface area contributed by atoms with E-state index in [0.29, 0.717) is 5.02 Å². The maximum Gasteiger partial charge on any atom is 0.175 e. The third kappa shape index (κ3) is 4.14. The number of hydrogen-bond acceptors (Lipinski definition) is 2. The van der Waals surface area contributed by atoms with Crippen LogP contribution >= 0.6 is 23.4 Å². The molecule has 1 rings (SSSR count). The molecule has 0 heterocycles. The molecule has 0 N–H and O–H groups in total. The van der Waals surface area contributed by atoms with Crippen molar-refractivity contribution < 1.29 is 9.18 Å². The molecule has 0 amide bonds. The summed E-state index contributed by atoms with van der Waals surface area (Å²) < 4.78 is 13.4. The molecule has 0 aliphatic heterocycles. The third-order valence-electron chi connectivity index (χ3n) is 1.87. The lowest BCUT2D eigenvalue weighted by molar-refractivity contribution is 0.101. The van der Waals surface area contributed by atoms with Crippen molar-refractivity contribution >= 4 is 29.1 Å². The van der Waals surface area contributed by atoms with Crippen molar-refractivity contribution in [1.82, 2.24) is 0 Å². The summed E-state index contributed by atoms with van der Waals surface area (Å²) in [7, 11) is 0. The smallest absolute Gasteiger partial charge is 0.175 e. The highest BCUT2D eigenvalue weighted by atomic mass is 35.5. The first-order valence-electron chi connectivity index (χ1n) is 4.92. The molecule has 0 aliphatic rings. The molecule has 0 radical (unpaired) electrons. The van der Waals surface area contributed by atoms with E-state index in [-0.39, 0.29) is 21.8 Å². The van der Waals surface area contributed by atoms with Crippen LogP contribution in [0.5, 0.6) is 0 Å². The summed E-state index contributed by atoms with van der Waals surface area (Å²) in [5, 5.41) is 0.303. The fourth-order valence-electron chi connectivity index (χ4n) is 1.08. The minimum Gasteiger partial charge on any atom is -0.293 e. The lowest BCUT2D eigenvalue weighted by Gasteiger charge is -2.16. The zero-order valence-electron chi connectivity index (χ0n) is 9.51. The minimum absolute atomic E-state index is 0.00143. The predicted octanol–water partition coefficient (Wildman–Crippen LogP) is 4.19. The first-order chi connectivity index (χ1) is 7.29. The molecule has 0 unspecified atom stereocenters. The van der Waals surface area contributed by atoms with Gasteiger partial charge < -0.3 is 0 Å². The van der Waals surface area contributed by atoms with Crippen molar-refractivity contribution in [2.45, 2.75) is 25.5 Å². The lowest BCUT2D eigenvalue weighted by atomic mass is 10.1. The highest BCUT2D eigenvalue weighted by Crippen LogP contribution is 2.25. The molecular formula is C12H14ClFOS. The van der Waals surface area contributed by atoms with Crippen LogP contribution in [0, 0.1) is 5.82 Å². The van der Waals surface area contributed by atoms with Crippen molar-refractivity contribution in [1.29, 1.82) is 0 Å². The summed E-state index contributed by atoms with van der Waals surface area (Å²) in [5.41, 5.74) is 0.112. The Bertz CT molecular complexity index is 398. The zero-order valence-corrected chi connectivity index (χ0v) is 11.1. The van der Waals surface area contributed by atoms with Gasteiger partial charge in [-0.3, -0.25) is 4.79 Å². The molecule has 0 fully saturated rings. The lowest BCUT2D eigenvalue weighted by Crippen LogP contribution is -2.14. The Morgan fingerprint density at radius 2 is 2.06 bits per heavy atom. The molecule has 0 spiro atoms. The van der Waals surface area contributed by atoms with Gasteiger partial charge in [0.15, 0.2) is 5.78 Å². The molecule has 0 aliphatic carbocycles. The summed E-state index contributed by atoms with van der Waals surface area (Å²) in [5.74, 6) is -0.469. The van der Waals surface area contributed by atoms with Gasteiger partial charge in [-0.15, -0.1) is 11.8 Å². The van der Waals surface area contributed by atoms with Crippen LogP contribution in [-0.2, 0) is 0 Å². The van der Waals surface area contributed by atoms with Crippen molar-refractivity contribution in [2.75, 3.05) is 5.75 Å². The van der Waals surface area contributed by atoms with Crippen LogP contribution in [0.1, 0.15) is 31.1 Å². The largest absolute Gasteiger partial charge is 0.293 e. The summed E-state index contributed by atoms with van der Waals surface area (Å²) in [6.07, 6.45) is 0. The maximum atomic E-state index is 13.4. The molecule has 1 aromatic carbocycles. The number of rotatable bonds is 3. The van der Waals surface area contributed by atoms with Gasteiger partial charge in [-0.1, -0.05) is 32.4 Å². The Balaban J connectivity index is 2.74. The molecule has 88 valence electrons. The number of carbonyl (C=O) groups is 1. The van der Waals surface area contributed by atoms with Gasteiger partial charge in [0, 0.05) is 9.77 Å². The van der Waals surface area contributed by atoms with Gasteiger partial charge in [0.05, 0.1) is 11.3 Å². The summed E-state index contributed by atoms with van der Waals surface area (Å²) >= 11 is 7.11. The van der Waals surface area contributed by atoms with Crippen LogP contribution < -0.4 is 0 Å². The van der Waals surface area contributed by atoms with Crippen LogP contribution in [0.4, 0.5) is 4.39 Å². The van der Waals surface area contributed by atoms with E-state index < -0.39 is 5.82 Å². The van der Waals surface area contributed by atoms with Crippen LogP contribution in [0.25, 0.3) is 0 Å². The van der Waals surface area contributed by atoms with Gasteiger partial charge in [0.1, 0.15) is 5.82 Å². The van der Waals surface area contributed by atoms with Crippen molar-refractivity contribution in [3.63, 3.8) is 0 Å². The van der Waals surface area contributed by atoms with E-state index in [1.54, 1.807) is 0 Å². The number of carbonyl (C=O) groups excluding carboxylic acids is 1. The van der Waals surface area contributed by atoms with E-state index in [1.165, 1.54) is 23.9 Å². The van der Waals surface area contributed by atoms with Crippen LogP contribution in [0.2, 0.25) is 5.02 Å². The Morgan fingerprint density at radius 1 is 1.44 bits per heavy atom. The second kappa shape index (κ2) is 5.19. The molecular weight excluding hydrogens is 247 g/mol. The molecule has 1 nitrogen and oxygen atoms in total. The second-order valence-corrected chi connectivity index (χ2v) is 6.69. The second-order valence-electron chi connectivity index (χ2n) is 4.45. The van der Waals surface area contributed by atoms with E-state index in [4.69, 9.17) is 11.6 Å². The first-order valence-corrected chi connectivity index (χ1v) is 6.28. The molecule has 0 saturated carbocycles. The Labute approximate surface area is 104 Å². The number of ketones is 1. The number of halogens is 2. The van der Waals surface area contributed by atoms with E-state index in [2.05, 4.69) is 0 Å². The predicted molar refractivity (Wildman–Crippen MR) is 68.0 cm³/mol. The van der Waals surface area contributed by atoms with Crippen molar-refractivity contribution in [3.8, 4) is 0 Å². The van der Waals surface area contributed by atoms with Crippen molar-refractivity contribution in [2.24, 2.45) is 0 Å². The summed E-state index contributed by atoms with van der Waals surface area (Å²) in [4.78, 5) is 11.7. The van der Waals surface area contributed by atoms with Gasteiger partial charge >= 0.3 is 0 Å². The normalized spacial score (nSPS) is 11.6. The summed E-state index contributed by atoms with van der Waals surface area (Å²) in [6.45, 7) is 6.05. The topological polar surface area (TPSA) is 17.1 Å². The number of Topliss-reactive ketones (excluding diaryl/α,β-unsaturated/α-hetero) is 1. The fraction of sp³-hybridized carbons (Fsp3) is 0.417. The standard InChI is InChI=1S/C12H14ClFOS/c1-12(2,3)16-7-11(15)9-5-4-8(13)6-10(9)14/h4-6H,7H2,1-3H3. The molecule has 0 atom stereocenters. The molecule has 4 heteroatoms. The van der Waals surface area contributed by atoms with Gasteiger partial charge in [-0.05, 0) is 18.2 Å². The molecule has 0 saturated heterocycles.